The Hall–Kier alpha value is -1.85. The van der Waals surface area contributed by atoms with E-state index in [0.29, 0.717) is 5.84 Å². The zero-order valence-electron chi connectivity index (χ0n) is 20.1. The van der Waals surface area contributed by atoms with E-state index in [4.69, 9.17) is 5.41 Å². The molecule has 0 radical (unpaired) electrons. The number of hydrogen-bond acceptors (Lipinski definition) is 4. The maximum atomic E-state index is 8.68. The molecule has 166 valence electrons. The molecular weight excluding hydrogens is 376 g/mol. The fraction of sp³-hybridized carbons (Fsp3) is 0.542. The molecule has 0 aliphatic heterocycles. The van der Waals surface area contributed by atoms with E-state index >= 15 is 0 Å². The van der Waals surface area contributed by atoms with Gasteiger partial charge < -0.3 is 15.1 Å². The molecule has 1 aromatic heterocycles. The zero-order chi connectivity index (χ0) is 22.8. The second kappa shape index (κ2) is 18.2. The van der Waals surface area contributed by atoms with Crippen LogP contribution in [0.3, 0.4) is 0 Å². The minimum absolute atomic E-state index is 0.584. The van der Waals surface area contributed by atoms with E-state index in [2.05, 4.69) is 68.4 Å². The standard InChI is InChI=1S/C20H32N4S.2C2H6/c1-7-10-12-17(8-2)22-20-18(15-16(4)25-20)19(21)24(9-3)14-11-13-23(5)6;2*1-2/h7-8,12,15,21-22H,1-2,9-11,13-14H2,3-6H3;2*1-2H3. The molecule has 2 N–H and O–H groups in total. The summed E-state index contributed by atoms with van der Waals surface area (Å²) < 4.78 is 0. The van der Waals surface area contributed by atoms with Gasteiger partial charge in [0.15, 0.2) is 0 Å². The van der Waals surface area contributed by atoms with Crippen LogP contribution in [0.5, 0.6) is 0 Å². The molecule has 0 aliphatic rings. The first kappa shape index (κ1) is 29.4. The van der Waals surface area contributed by atoms with Gasteiger partial charge in [-0.1, -0.05) is 46.4 Å². The van der Waals surface area contributed by atoms with Crippen molar-refractivity contribution in [3.8, 4) is 0 Å². The highest BCUT2D eigenvalue weighted by atomic mass is 32.1. The highest BCUT2D eigenvalue weighted by molar-refractivity contribution is 7.16. The lowest BCUT2D eigenvalue weighted by Gasteiger charge is -2.24. The summed E-state index contributed by atoms with van der Waals surface area (Å²) >= 11 is 1.68. The van der Waals surface area contributed by atoms with E-state index in [1.807, 2.05) is 33.8 Å². The average molecular weight is 421 g/mol. The van der Waals surface area contributed by atoms with Gasteiger partial charge in [-0.2, -0.15) is 0 Å². The molecule has 5 heteroatoms. The lowest BCUT2D eigenvalue weighted by Crippen LogP contribution is -2.33. The number of aryl methyl sites for hydroxylation is 1. The van der Waals surface area contributed by atoms with E-state index in [1.165, 1.54) is 4.88 Å². The summed E-state index contributed by atoms with van der Waals surface area (Å²) in [6, 6.07) is 2.10. The van der Waals surface area contributed by atoms with E-state index in [0.717, 1.165) is 48.7 Å². The summed E-state index contributed by atoms with van der Waals surface area (Å²) in [5.41, 5.74) is 1.91. The largest absolute Gasteiger partial charge is 0.357 e. The van der Waals surface area contributed by atoms with Crippen molar-refractivity contribution in [1.29, 1.82) is 5.41 Å². The number of amidine groups is 1. The zero-order valence-corrected chi connectivity index (χ0v) is 20.9. The molecule has 0 aromatic carbocycles. The van der Waals surface area contributed by atoms with Crippen LogP contribution in [0.15, 0.2) is 43.1 Å². The van der Waals surface area contributed by atoms with Crippen molar-refractivity contribution in [2.75, 3.05) is 39.0 Å². The molecule has 1 aromatic rings. The number of nitrogens with zero attached hydrogens (tertiary/aromatic N) is 2. The first-order valence-corrected chi connectivity index (χ1v) is 11.5. The van der Waals surface area contributed by atoms with E-state index in [1.54, 1.807) is 17.4 Å². The van der Waals surface area contributed by atoms with E-state index in [9.17, 15) is 0 Å². The van der Waals surface area contributed by atoms with Crippen molar-refractivity contribution >= 4 is 22.2 Å². The van der Waals surface area contributed by atoms with Crippen LogP contribution in [-0.4, -0.2) is 49.4 Å². The molecule has 0 unspecified atom stereocenters. The van der Waals surface area contributed by atoms with Gasteiger partial charge in [-0.25, -0.2) is 0 Å². The Kier molecular flexibility index (Phi) is 18.4. The van der Waals surface area contributed by atoms with Crippen LogP contribution in [-0.2, 0) is 0 Å². The summed E-state index contributed by atoms with van der Waals surface area (Å²) in [6.45, 7) is 22.6. The SMILES string of the molecule is C=CCC=C(C=C)Nc1sc(C)cc1C(=N)N(CC)CCCN(C)C.CC.CC. The molecule has 0 amide bonds. The Bertz CT molecular complexity index is 614. The van der Waals surface area contributed by atoms with Crippen molar-refractivity contribution in [3.05, 3.63) is 53.6 Å². The third-order valence-corrected chi connectivity index (χ3v) is 4.79. The Balaban J connectivity index is 0. The minimum Gasteiger partial charge on any atom is -0.357 e. The Morgan fingerprint density at radius 3 is 2.28 bits per heavy atom. The quantitative estimate of drug-likeness (QED) is 0.180. The van der Waals surface area contributed by atoms with Crippen LogP contribution < -0.4 is 5.32 Å². The molecule has 0 atom stereocenters. The number of nitrogens with one attached hydrogen (secondary N) is 2. The maximum Gasteiger partial charge on any atom is 0.131 e. The molecule has 0 aliphatic carbocycles. The van der Waals surface area contributed by atoms with Crippen molar-refractivity contribution < 1.29 is 0 Å². The molecule has 29 heavy (non-hydrogen) atoms. The average Bonchev–Trinajstić information content (AvgIpc) is 3.10. The van der Waals surface area contributed by atoms with Crippen molar-refractivity contribution in [2.24, 2.45) is 0 Å². The van der Waals surface area contributed by atoms with Gasteiger partial charge >= 0.3 is 0 Å². The molecule has 0 bridgehead atoms. The summed E-state index contributed by atoms with van der Waals surface area (Å²) in [7, 11) is 4.16. The van der Waals surface area contributed by atoms with Gasteiger partial charge in [0.2, 0.25) is 0 Å². The van der Waals surface area contributed by atoms with Crippen LogP contribution in [0, 0.1) is 12.3 Å². The molecule has 0 spiro atoms. The number of allylic oxidation sites excluding steroid dienone is 3. The monoisotopic (exact) mass is 420 g/mol. The van der Waals surface area contributed by atoms with Crippen LogP contribution in [0.1, 0.15) is 57.9 Å². The third-order valence-electron chi connectivity index (χ3n) is 3.82. The van der Waals surface area contributed by atoms with Crippen LogP contribution in [0.2, 0.25) is 0 Å². The second-order valence-electron chi connectivity index (χ2n) is 6.20. The van der Waals surface area contributed by atoms with Gasteiger partial charge in [-0.05, 0) is 59.5 Å². The van der Waals surface area contributed by atoms with Crippen LogP contribution in [0.25, 0.3) is 0 Å². The fourth-order valence-corrected chi connectivity index (χ4v) is 3.42. The van der Waals surface area contributed by atoms with E-state index in [-0.39, 0.29) is 0 Å². The number of anilines is 1. The van der Waals surface area contributed by atoms with Crippen molar-refractivity contribution in [1.82, 2.24) is 9.80 Å². The van der Waals surface area contributed by atoms with Crippen molar-refractivity contribution in [2.45, 2.75) is 54.4 Å². The van der Waals surface area contributed by atoms with Crippen LogP contribution >= 0.6 is 11.3 Å². The maximum absolute atomic E-state index is 8.68. The predicted octanol–water partition coefficient (Wildman–Crippen LogP) is 6.77. The smallest absolute Gasteiger partial charge is 0.131 e. The number of rotatable bonds is 11. The number of hydrogen-bond donors (Lipinski definition) is 2. The normalized spacial score (nSPS) is 10.3. The van der Waals surface area contributed by atoms with Gasteiger partial charge in [-0.3, -0.25) is 5.41 Å². The van der Waals surface area contributed by atoms with Crippen molar-refractivity contribution in [3.63, 3.8) is 0 Å². The molecule has 0 saturated carbocycles. The van der Waals surface area contributed by atoms with Gasteiger partial charge in [0.25, 0.3) is 0 Å². The lowest BCUT2D eigenvalue weighted by molar-refractivity contribution is 0.354. The molecule has 0 fully saturated rings. The second-order valence-corrected chi connectivity index (χ2v) is 7.45. The van der Waals surface area contributed by atoms with Gasteiger partial charge in [0, 0.05) is 23.7 Å². The third kappa shape index (κ3) is 11.7. The Morgan fingerprint density at radius 1 is 1.17 bits per heavy atom. The molecule has 1 heterocycles. The topological polar surface area (TPSA) is 42.4 Å². The van der Waals surface area contributed by atoms with Crippen LogP contribution in [0.4, 0.5) is 5.00 Å². The number of thiophene rings is 1. The summed E-state index contributed by atoms with van der Waals surface area (Å²) in [5.74, 6) is 0.584. The summed E-state index contributed by atoms with van der Waals surface area (Å²) in [6.07, 6.45) is 7.55. The lowest BCUT2D eigenvalue weighted by atomic mass is 10.2. The molecule has 1 rings (SSSR count). The molecular formula is C24H44N4S. The Morgan fingerprint density at radius 2 is 1.79 bits per heavy atom. The first-order chi connectivity index (χ1) is 13.9. The van der Waals surface area contributed by atoms with Gasteiger partial charge in [0.1, 0.15) is 10.8 Å². The van der Waals surface area contributed by atoms with Gasteiger partial charge in [0.05, 0.1) is 5.56 Å². The molecule has 4 nitrogen and oxygen atoms in total. The Labute approximate surface area is 184 Å². The molecule has 0 saturated heterocycles. The van der Waals surface area contributed by atoms with Gasteiger partial charge in [-0.15, -0.1) is 17.9 Å². The highest BCUT2D eigenvalue weighted by Gasteiger charge is 2.17. The fourth-order valence-electron chi connectivity index (χ4n) is 2.49. The van der Waals surface area contributed by atoms with E-state index < -0.39 is 0 Å². The predicted molar refractivity (Wildman–Crippen MR) is 136 cm³/mol. The summed E-state index contributed by atoms with van der Waals surface area (Å²) in [5, 5.41) is 13.1. The first-order valence-electron chi connectivity index (χ1n) is 10.7. The summed E-state index contributed by atoms with van der Waals surface area (Å²) in [4.78, 5) is 5.51. The highest BCUT2D eigenvalue weighted by Crippen LogP contribution is 2.30. The minimum atomic E-state index is 0.584.